The van der Waals surface area contributed by atoms with Crippen molar-refractivity contribution < 1.29 is 33.1 Å². The molecule has 4 amide bonds. The monoisotopic (exact) mass is 687 g/mol. The van der Waals surface area contributed by atoms with E-state index in [2.05, 4.69) is 16.0 Å². The maximum Gasteiger partial charge on any atom is 0.268 e. The van der Waals surface area contributed by atoms with Crippen molar-refractivity contribution in [3.05, 3.63) is 112 Å². The highest BCUT2D eigenvalue weighted by Gasteiger charge is 2.30. The van der Waals surface area contributed by atoms with E-state index in [9.17, 15) is 38.3 Å². The Bertz CT molecular complexity index is 1770. The van der Waals surface area contributed by atoms with Crippen LogP contribution < -0.4 is 20.9 Å². The highest BCUT2D eigenvalue weighted by molar-refractivity contribution is 6.08. The maximum atomic E-state index is 14.5. The van der Waals surface area contributed by atoms with Crippen LogP contribution in [0.15, 0.2) is 78.4 Å². The van der Waals surface area contributed by atoms with Gasteiger partial charge in [0.1, 0.15) is 35.4 Å². The van der Waals surface area contributed by atoms with Gasteiger partial charge in [0.05, 0.1) is 6.10 Å². The molecule has 3 aromatic carbocycles. The Labute approximate surface area is 291 Å². The summed E-state index contributed by atoms with van der Waals surface area (Å²) in [5.74, 6) is -3.60. The molecule has 0 spiro atoms. The van der Waals surface area contributed by atoms with Gasteiger partial charge in [-0.15, -0.1) is 0 Å². The molecule has 0 aliphatic rings. The van der Waals surface area contributed by atoms with E-state index in [0.29, 0.717) is 22.4 Å². The number of carbonyl (C=O) groups is 4. The van der Waals surface area contributed by atoms with Gasteiger partial charge in [0.15, 0.2) is 0 Å². The molecule has 0 aliphatic carbocycles. The van der Waals surface area contributed by atoms with Gasteiger partial charge in [0.25, 0.3) is 5.91 Å². The summed E-state index contributed by atoms with van der Waals surface area (Å²) in [4.78, 5) is 54.2. The fraction of sp³-hybridized carbons (Fsp3) is 0.342. The molecule has 264 valence electrons. The van der Waals surface area contributed by atoms with Gasteiger partial charge in [-0.2, -0.15) is 5.26 Å². The smallest absolute Gasteiger partial charge is 0.268 e. The number of hydrogen-bond acceptors (Lipinski definition) is 6. The van der Waals surface area contributed by atoms with Crippen LogP contribution in [-0.2, 0) is 38.6 Å². The number of aryl methyl sites for hydroxylation is 2. The van der Waals surface area contributed by atoms with Gasteiger partial charge < -0.3 is 26.0 Å². The number of hydrogen-bond donors (Lipinski definition) is 4. The van der Waals surface area contributed by atoms with Crippen LogP contribution in [0.2, 0.25) is 0 Å². The summed E-state index contributed by atoms with van der Waals surface area (Å²) in [5.41, 5.74) is 2.44. The highest BCUT2D eigenvalue weighted by atomic mass is 19.1. The zero-order valence-electron chi connectivity index (χ0n) is 28.8. The number of benzene rings is 3. The molecule has 3 unspecified atom stereocenters. The van der Waals surface area contributed by atoms with Crippen LogP contribution in [0.3, 0.4) is 0 Å². The Morgan fingerprint density at radius 1 is 0.940 bits per heavy atom. The lowest BCUT2D eigenvalue weighted by molar-refractivity contribution is -0.134. The van der Waals surface area contributed by atoms with Gasteiger partial charge in [-0.1, -0.05) is 56.3 Å². The van der Waals surface area contributed by atoms with Crippen LogP contribution >= 0.6 is 0 Å². The van der Waals surface area contributed by atoms with Crippen molar-refractivity contribution >= 4 is 29.3 Å². The summed E-state index contributed by atoms with van der Waals surface area (Å²) in [6.45, 7) is 6.56. The molecule has 0 fully saturated rings. The summed E-state index contributed by atoms with van der Waals surface area (Å²) in [7, 11) is 1.51. The molecule has 50 heavy (non-hydrogen) atoms. The number of nitrogens with zero attached hydrogens (tertiary/aromatic N) is 2. The number of aliphatic hydroxyl groups is 1. The van der Waals surface area contributed by atoms with Crippen molar-refractivity contribution in [2.24, 2.45) is 5.92 Å². The molecule has 0 saturated carbocycles. The Hall–Kier alpha value is -5.41. The first-order valence-electron chi connectivity index (χ1n) is 16.2. The molecule has 0 saturated heterocycles. The summed E-state index contributed by atoms with van der Waals surface area (Å²) in [6.07, 6.45) is 0.222. The first kappa shape index (κ1) is 39.0. The predicted octanol–water partition coefficient (Wildman–Crippen LogP) is 4.18. The average molecular weight is 688 g/mol. The van der Waals surface area contributed by atoms with E-state index in [4.69, 9.17) is 0 Å². The van der Waals surface area contributed by atoms with E-state index < -0.39 is 53.5 Å². The van der Waals surface area contributed by atoms with Crippen molar-refractivity contribution in [3.8, 4) is 6.07 Å². The van der Waals surface area contributed by atoms with Crippen LogP contribution in [0.5, 0.6) is 0 Å². The van der Waals surface area contributed by atoms with Crippen molar-refractivity contribution in [3.63, 3.8) is 0 Å². The van der Waals surface area contributed by atoms with E-state index in [0.717, 1.165) is 0 Å². The molecule has 4 N–H and O–H groups in total. The zero-order valence-corrected chi connectivity index (χ0v) is 28.8. The van der Waals surface area contributed by atoms with Gasteiger partial charge in [-0.25, -0.2) is 8.78 Å². The maximum absolute atomic E-state index is 14.5. The Morgan fingerprint density at radius 3 is 2.28 bits per heavy atom. The van der Waals surface area contributed by atoms with Crippen molar-refractivity contribution in [2.45, 2.75) is 71.7 Å². The number of nitriles is 1. The SMILES string of the molecule is Cc1ccc(CNC(=O)C(Cc2cccc(N(C)C(=O)C(C#N)=CC(C)C)c2)NC(=O)C(NC(=O)CCc2cccc(F)c2)C(C)O)c(F)c1. The van der Waals surface area contributed by atoms with Gasteiger partial charge in [0.2, 0.25) is 17.7 Å². The van der Waals surface area contributed by atoms with Crippen LogP contribution in [0, 0.1) is 35.8 Å². The van der Waals surface area contributed by atoms with E-state index in [1.807, 2.05) is 19.9 Å². The Balaban J connectivity index is 1.83. The topological polar surface area (TPSA) is 152 Å². The number of halogens is 2. The molecular weight excluding hydrogens is 644 g/mol. The van der Waals surface area contributed by atoms with Crippen LogP contribution in [0.4, 0.5) is 14.5 Å². The molecule has 0 radical (unpaired) electrons. The number of likely N-dealkylation sites (N-methyl/N-ethyl adjacent to an activating group) is 1. The molecule has 3 aromatic rings. The molecule has 10 nitrogen and oxygen atoms in total. The van der Waals surface area contributed by atoms with E-state index >= 15 is 0 Å². The lowest BCUT2D eigenvalue weighted by atomic mass is 10.0. The van der Waals surface area contributed by atoms with E-state index in [-0.39, 0.29) is 42.9 Å². The lowest BCUT2D eigenvalue weighted by Crippen LogP contribution is -2.57. The van der Waals surface area contributed by atoms with Crippen LogP contribution in [0.1, 0.15) is 49.4 Å². The predicted molar refractivity (Wildman–Crippen MR) is 185 cm³/mol. The Morgan fingerprint density at radius 2 is 1.64 bits per heavy atom. The summed E-state index contributed by atoms with van der Waals surface area (Å²) in [6, 6.07) is 16.2. The number of nitrogens with one attached hydrogen (secondary N) is 3. The van der Waals surface area contributed by atoms with Gasteiger partial charge in [-0.05, 0) is 73.2 Å². The third-order valence-corrected chi connectivity index (χ3v) is 7.80. The normalized spacial score (nSPS) is 13.1. The lowest BCUT2D eigenvalue weighted by Gasteiger charge is -2.25. The van der Waals surface area contributed by atoms with E-state index in [1.54, 1.807) is 55.5 Å². The molecule has 12 heteroatoms. The van der Waals surface area contributed by atoms with Crippen molar-refractivity contribution in [2.75, 3.05) is 11.9 Å². The van der Waals surface area contributed by atoms with E-state index in [1.165, 1.54) is 43.1 Å². The number of aliphatic hydroxyl groups excluding tert-OH is 1. The number of carbonyl (C=O) groups excluding carboxylic acids is 4. The minimum Gasteiger partial charge on any atom is -0.391 e. The minimum atomic E-state index is -1.44. The molecule has 0 bridgehead atoms. The standard InChI is InChI=1S/C38H43F2N5O5/c1-23(2)16-29(21-41)38(50)45(5)31-11-7-9-27(19-31)20-33(36(48)42-22-28-14-12-24(3)17-32(28)40)43-37(49)35(25(4)46)44-34(47)15-13-26-8-6-10-30(39)18-26/h6-12,14,16-19,23,25,33,35,46H,13,15,20,22H2,1-5H3,(H,42,48)(H,43,49)(H,44,47). The van der Waals surface area contributed by atoms with Gasteiger partial charge in [-0.3, -0.25) is 19.2 Å². The van der Waals surface area contributed by atoms with Crippen molar-refractivity contribution in [1.82, 2.24) is 16.0 Å². The molecule has 0 aliphatic heterocycles. The quantitative estimate of drug-likeness (QED) is 0.139. The number of allylic oxidation sites excluding steroid dienone is 1. The fourth-order valence-corrected chi connectivity index (χ4v) is 5.09. The van der Waals surface area contributed by atoms with Gasteiger partial charge in [0, 0.05) is 37.7 Å². The van der Waals surface area contributed by atoms with Crippen LogP contribution in [0.25, 0.3) is 0 Å². The number of anilines is 1. The minimum absolute atomic E-state index is 0.0251. The third-order valence-electron chi connectivity index (χ3n) is 7.80. The average Bonchev–Trinajstić information content (AvgIpc) is 3.07. The second-order valence-corrected chi connectivity index (χ2v) is 12.5. The summed E-state index contributed by atoms with van der Waals surface area (Å²) in [5, 5.41) is 27.7. The first-order chi connectivity index (χ1) is 23.7. The Kier molecular flexibility index (Phi) is 14.3. The molecule has 0 heterocycles. The second kappa shape index (κ2) is 18.4. The molecule has 3 atom stereocenters. The van der Waals surface area contributed by atoms with Crippen molar-refractivity contribution in [1.29, 1.82) is 5.26 Å². The molecule has 3 rings (SSSR count). The third kappa shape index (κ3) is 11.6. The van der Waals surface area contributed by atoms with Crippen LogP contribution in [-0.4, -0.2) is 54.0 Å². The molecular formula is C38H43F2N5O5. The molecule has 0 aromatic heterocycles. The second-order valence-electron chi connectivity index (χ2n) is 12.5. The highest BCUT2D eigenvalue weighted by Crippen LogP contribution is 2.19. The fourth-order valence-electron chi connectivity index (χ4n) is 5.09. The zero-order chi connectivity index (χ0) is 37.0. The number of rotatable bonds is 15. The summed E-state index contributed by atoms with van der Waals surface area (Å²) >= 11 is 0. The largest absolute Gasteiger partial charge is 0.391 e. The number of amides is 4. The summed E-state index contributed by atoms with van der Waals surface area (Å²) < 4.78 is 28.1. The first-order valence-corrected chi connectivity index (χ1v) is 16.2. The van der Waals surface area contributed by atoms with Gasteiger partial charge >= 0.3 is 0 Å².